The molecule has 0 saturated heterocycles. The van der Waals surface area contributed by atoms with Crippen LogP contribution in [0.4, 0.5) is 5.69 Å². The summed E-state index contributed by atoms with van der Waals surface area (Å²) in [5.41, 5.74) is 1.16. The number of benzene rings is 1. The van der Waals surface area contributed by atoms with Crippen LogP contribution >= 0.6 is 11.3 Å². The van der Waals surface area contributed by atoms with Gasteiger partial charge < -0.3 is 14.5 Å². The molecule has 0 aliphatic heterocycles. The number of nitrogens with one attached hydrogen (secondary N) is 1. The predicted molar refractivity (Wildman–Crippen MR) is 92.6 cm³/mol. The van der Waals surface area contributed by atoms with Crippen molar-refractivity contribution in [2.45, 2.75) is 19.8 Å². The molecule has 7 heteroatoms. The number of anilines is 1. The number of rotatable bonds is 5. The van der Waals surface area contributed by atoms with Crippen molar-refractivity contribution in [3.63, 3.8) is 0 Å². The minimum atomic E-state index is -0.225. The van der Waals surface area contributed by atoms with Gasteiger partial charge in [0, 0.05) is 11.5 Å². The Bertz CT molecular complexity index is 854. The van der Waals surface area contributed by atoms with Gasteiger partial charge in [-0.1, -0.05) is 19.9 Å². The number of hydrogen-bond acceptors (Lipinski definition) is 6. The molecule has 2 heterocycles. The smallest absolute Gasteiger partial charge is 0.259 e. The molecule has 0 spiro atoms. The van der Waals surface area contributed by atoms with E-state index in [2.05, 4.69) is 15.5 Å². The van der Waals surface area contributed by atoms with E-state index >= 15 is 0 Å². The Balaban J connectivity index is 1.83. The molecule has 1 N–H and O–H groups in total. The van der Waals surface area contributed by atoms with Crippen LogP contribution in [0, 0.1) is 0 Å². The van der Waals surface area contributed by atoms with E-state index in [1.807, 2.05) is 25.3 Å². The molecule has 24 heavy (non-hydrogen) atoms. The Labute approximate surface area is 143 Å². The Morgan fingerprint density at radius 2 is 2.12 bits per heavy atom. The van der Waals surface area contributed by atoms with Crippen molar-refractivity contribution in [3.05, 3.63) is 47.2 Å². The zero-order chi connectivity index (χ0) is 17.1. The van der Waals surface area contributed by atoms with Crippen molar-refractivity contribution in [3.8, 4) is 16.5 Å². The van der Waals surface area contributed by atoms with E-state index in [1.165, 1.54) is 11.3 Å². The fourth-order valence-corrected chi connectivity index (χ4v) is 2.86. The van der Waals surface area contributed by atoms with Crippen LogP contribution in [0.1, 0.15) is 36.0 Å². The van der Waals surface area contributed by atoms with Crippen LogP contribution in [0.3, 0.4) is 0 Å². The summed E-state index contributed by atoms with van der Waals surface area (Å²) in [7, 11) is 1.57. The number of nitrogens with zero attached hydrogens (tertiary/aromatic N) is 2. The molecule has 1 amide bonds. The monoisotopic (exact) mass is 343 g/mol. The van der Waals surface area contributed by atoms with Crippen molar-refractivity contribution in [2.75, 3.05) is 12.4 Å². The third-order valence-corrected chi connectivity index (χ3v) is 4.28. The van der Waals surface area contributed by atoms with Crippen LogP contribution in [-0.4, -0.2) is 23.2 Å². The summed E-state index contributed by atoms with van der Waals surface area (Å²) in [5, 5.41) is 12.9. The SMILES string of the molecule is COc1cccc(C(=O)Nc2ccsc2-c2nnc(C(C)C)o2)c1. The number of hydrogen-bond donors (Lipinski definition) is 1. The molecule has 0 saturated carbocycles. The lowest BCUT2D eigenvalue weighted by molar-refractivity contribution is 0.102. The standard InChI is InChI=1S/C17H17N3O3S/c1-10(2)16-19-20-17(23-16)14-13(7-8-24-14)18-15(21)11-5-4-6-12(9-11)22-3/h4-10H,1-3H3,(H,18,21). The Morgan fingerprint density at radius 1 is 1.29 bits per heavy atom. The average molecular weight is 343 g/mol. The summed E-state index contributed by atoms with van der Waals surface area (Å²) < 4.78 is 10.8. The van der Waals surface area contributed by atoms with Crippen LogP contribution in [-0.2, 0) is 0 Å². The molecule has 1 aromatic carbocycles. The minimum absolute atomic E-state index is 0.154. The lowest BCUT2D eigenvalue weighted by atomic mass is 10.2. The number of ether oxygens (including phenoxy) is 1. The molecule has 0 unspecified atom stereocenters. The molecule has 2 aromatic heterocycles. The molecule has 0 atom stereocenters. The van der Waals surface area contributed by atoms with E-state index in [0.717, 1.165) is 4.88 Å². The summed E-state index contributed by atoms with van der Waals surface area (Å²) in [6.07, 6.45) is 0. The third kappa shape index (κ3) is 3.30. The highest BCUT2D eigenvalue weighted by atomic mass is 32.1. The second-order valence-electron chi connectivity index (χ2n) is 5.45. The van der Waals surface area contributed by atoms with Crippen molar-refractivity contribution in [1.82, 2.24) is 10.2 Å². The molecule has 3 aromatic rings. The normalized spacial score (nSPS) is 10.8. The van der Waals surface area contributed by atoms with Crippen LogP contribution in [0.2, 0.25) is 0 Å². The van der Waals surface area contributed by atoms with Crippen molar-refractivity contribution in [2.24, 2.45) is 0 Å². The predicted octanol–water partition coefficient (Wildman–Crippen LogP) is 4.18. The van der Waals surface area contributed by atoms with Crippen LogP contribution in [0.15, 0.2) is 40.1 Å². The molecule has 6 nitrogen and oxygen atoms in total. The van der Waals surface area contributed by atoms with Gasteiger partial charge in [0.1, 0.15) is 10.6 Å². The van der Waals surface area contributed by atoms with E-state index in [4.69, 9.17) is 9.15 Å². The second-order valence-corrected chi connectivity index (χ2v) is 6.37. The zero-order valence-electron chi connectivity index (χ0n) is 13.6. The van der Waals surface area contributed by atoms with Gasteiger partial charge in [0.15, 0.2) is 0 Å². The van der Waals surface area contributed by atoms with Gasteiger partial charge in [-0.3, -0.25) is 4.79 Å². The van der Waals surface area contributed by atoms with E-state index in [-0.39, 0.29) is 11.8 Å². The fourth-order valence-electron chi connectivity index (χ4n) is 2.09. The van der Waals surface area contributed by atoms with E-state index in [9.17, 15) is 4.79 Å². The van der Waals surface area contributed by atoms with E-state index < -0.39 is 0 Å². The summed E-state index contributed by atoms with van der Waals surface area (Å²) in [6, 6.07) is 8.80. The molecular weight excluding hydrogens is 326 g/mol. The summed E-state index contributed by atoms with van der Waals surface area (Å²) >= 11 is 1.44. The van der Waals surface area contributed by atoms with Gasteiger partial charge in [-0.25, -0.2) is 0 Å². The molecule has 0 bridgehead atoms. The Morgan fingerprint density at radius 3 is 2.83 bits per heavy atom. The summed E-state index contributed by atoms with van der Waals surface area (Å²) in [4.78, 5) is 13.2. The third-order valence-electron chi connectivity index (χ3n) is 3.37. The lowest BCUT2D eigenvalue weighted by Gasteiger charge is -2.06. The number of methoxy groups -OCH3 is 1. The number of thiophene rings is 1. The van der Waals surface area contributed by atoms with Gasteiger partial charge in [0.05, 0.1) is 12.8 Å². The van der Waals surface area contributed by atoms with Gasteiger partial charge in [0.2, 0.25) is 5.89 Å². The first kappa shape index (κ1) is 16.2. The van der Waals surface area contributed by atoms with Crippen molar-refractivity contribution >= 4 is 22.9 Å². The Kier molecular flexibility index (Phi) is 4.61. The van der Waals surface area contributed by atoms with Gasteiger partial charge in [-0.2, -0.15) is 0 Å². The van der Waals surface area contributed by atoms with E-state index in [0.29, 0.717) is 28.8 Å². The maximum atomic E-state index is 12.4. The fraction of sp³-hybridized carbons (Fsp3) is 0.235. The first-order chi connectivity index (χ1) is 11.6. The van der Waals surface area contributed by atoms with E-state index in [1.54, 1.807) is 31.4 Å². The molecule has 124 valence electrons. The number of carbonyl (C=O) groups is 1. The van der Waals surface area contributed by atoms with Crippen LogP contribution < -0.4 is 10.1 Å². The largest absolute Gasteiger partial charge is 0.497 e. The highest BCUT2D eigenvalue weighted by Gasteiger charge is 2.18. The molecule has 0 radical (unpaired) electrons. The van der Waals surface area contributed by atoms with Gasteiger partial charge >= 0.3 is 0 Å². The maximum Gasteiger partial charge on any atom is 0.259 e. The number of amides is 1. The first-order valence-electron chi connectivity index (χ1n) is 7.45. The highest BCUT2D eigenvalue weighted by Crippen LogP contribution is 2.34. The average Bonchev–Trinajstić information content (AvgIpc) is 3.23. The van der Waals surface area contributed by atoms with Crippen molar-refractivity contribution in [1.29, 1.82) is 0 Å². The summed E-state index contributed by atoms with van der Waals surface area (Å²) in [6.45, 7) is 3.97. The summed E-state index contributed by atoms with van der Waals surface area (Å²) in [5.74, 6) is 1.54. The first-order valence-corrected chi connectivity index (χ1v) is 8.33. The number of aromatic nitrogens is 2. The topological polar surface area (TPSA) is 77.2 Å². The molecule has 0 aliphatic rings. The molecular formula is C17H17N3O3S. The quantitative estimate of drug-likeness (QED) is 0.752. The number of carbonyl (C=O) groups excluding carboxylic acids is 1. The van der Waals surface area contributed by atoms with Crippen molar-refractivity contribution < 1.29 is 13.9 Å². The van der Waals surface area contributed by atoms with Gasteiger partial charge in [-0.15, -0.1) is 21.5 Å². The van der Waals surface area contributed by atoms with Gasteiger partial charge in [0.25, 0.3) is 11.8 Å². The maximum absolute atomic E-state index is 12.4. The van der Waals surface area contributed by atoms with Crippen LogP contribution in [0.5, 0.6) is 5.75 Å². The molecule has 3 rings (SSSR count). The highest BCUT2D eigenvalue weighted by molar-refractivity contribution is 7.14. The van der Waals surface area contributed by atoms with Crippen LogP contribution in [0.25, 0.3) is 10.8 Å². The van der Waals surface area contributed by atoms with Gasteiger partial charge in [-0.05, 0) is 29.6 Å². The zero-order valence-corrected chi connectivity index (χ0v) is 14.4. The lowest BCUT2D eigenvalue weighted by Crippen LogP contribution is -2.11. The second kappa shape index (κ2) is 6.84. The molecule has 0 aliphatic carbocycles. The minimum Gasteiger partial charge on any atom is -0.497 e. The Hall–Kier alpha value is -2.67. The molecule has 0 fully saturated rings.